The molecule has 0 aliphatic carbocycles. The first-order valence-corrected chi connectivity index (χ1v) is 7.63. The maximum atomic E-state index is 12.8. The standard InChI is InChI=1S/C18H21FN2O3/c1-21(12-3-13-24-17-8-4-14(19)5-9-17)18(22)20-15-6-10-16(23-2)11-7-15/h4-11H,3,12-13H2,1-2H3,(H,20,22). The molecule has 5 nitrogen and oxygen atoms in total. The highest BCUT2D eigenvalue weighted by atomic mass is 19.1. The second-order valence-electron chi connectivity index (χ2n) is 5.24. The number of halogens is 1. The molecule has 0 radical (unpaired) electrons. The predicted octanol–water partition coefficient (Wildman–Crippen LogP) is 3.77. The number of methoxy groups -OCH3 is 1. The van der Waals surface area contributed by atoms with Gasteiger partial charge in [0.05, 0.1) is 13.7 Å². The van der Waals surface area contributed by atoms with Gasteiger partial charge in [-0.05, 0) is 55.0 Å². The molecule has 0 fully saturated rings. The molecule has 24 heavy (non-hydrogen) atoms. The third-order valence-corrected chi connectivity index (χ3v) is 3.41. The topological polar surface area (TPSA) is 50.8 Å². The zero-order valence-corrected chi connectivity index (χ0v) is 13.8. The first kappa shape index (κ1) is 17.6. The minimum absolute atomic E-state index is 0.193. The monoisotopic (exact) mass is 332 g/mol. The van der Waals surface area contributed by atoms with Crippen LogP contribution in [0, 0.1) is 5.82 Å². The minimum atomic E-state index is -0.294. The van der Waals surface area contributed by atoms with E-state index in [1.54, 1.807) is 55.5 Å². The fourth-order valence-corrected chi connectivity index (χ4v) is 2.02. The second-order valence-corrected chi connectivity index (χ2v) is 5.24. The van der Waals surface area contributed by atoms with Crippen molar-refractivity contribution in [1.82, 2.24) is 4.90 Å². The van der Waals surface area contributed by atoms with E-state index in [9.17, 15) is 9.18 Å². The molecule has 0 spiro atoms. The number of hydrogen-bond acceptors (Lipinski definition) is 3. The summed E-state index contributed by atoms with van der Waals surface area (Å²) in [5.41, 5.74) is 0.704. The summed E-state index contributed by atoms with van der Waals surface area (Å²) in [6.07, 6.45) is 0.671. The van der Waals surface area contributed by atoms with Gasteiger partial charge < -0.3 is 19.7 Å². The molecule has 128 valence electrons. The quantitative estimate of drug-likeness (QED) is 0.785. The number of ether oxygens (including phenoxy) is 2. The van der Waals surface area contributed by atoms with Crippen LogP contribution in [0.1, 0.15) is 6.42 Å². The Bertz CT molecular complexity index is 644. The van der Waals surface area contributed by atoms with E-state index in [0.717, 1.165) is 5.75 Å². The number of nitrogens with one attached hydrogen (secondary N) is 1. The van der Waals surface area contributed by atoms with E-state index >= 15 is 0 Å². The molecule has 2 amide bonds. The Morgan fingerprint density at radius 3 is 2.33 bits per heavy atom. The van der Waals surface area contributed by atoms with Gasteiger partial charge in [0.25, 0.3) is 0 Å². The molecule has 0 atom stereocenters. The van der Waals surface area contributed by atoms with Crippen LogP contribution in [0.25, 0.3) is 0 Å². The van der Waals surface area contributed by atoms with Crippen molar-refractivity contribution in [2.24, 2.45) is 0 Å². The fraction of sp³-hybridized carbons (Fsp3) is 0.278. The predicted molar refractivity (Wildman–Crippen MR) is 91.2 cm³/mol. The molecule has 0 unspecified atom stereocenters. The van der Waals surface area contributed by atoms with E-state index in [0.29, 0.717) is 31.0 Å². The first-order valence-electron chi connectivity index (χ1n) is 7.63. The Kier molecular flexibility index (Phi) is 6.42. The molecular formula is C18H21FN2O3. The Morgan fingerprint density at radius 2 is 1.71 bits per heavy atom. The van der Waals surface area contributed by atoms with Crippen LogP contribution >= 0.6 is 0 Å². The van der Waals surface area contributed by atoms with Gasteiger partial charge in [-0.25, -0.2) is 9.18 Å². The van der Waals surface area contributed by atoms with Gasteiger partial charge in [-0.2, -0.15) is 0 Å². The van der Waals surface area contributed by atoms with Gasteiger partial charge in [0.1, 0.15) is 17.3 Å². The number of nitrogens with zero attached hydrogens (tertiary/aromatic N) is 1. The van der Waals surface area contributed by atoms with Gasteiger partial charge in [0, 0.05) is 19.3 Å². The summed E-state index contributed by atoms with van der Waals surface area (Å²) in [6.45, 7) is 0.995. The van der Waals surface area contributed by atoms with Gasteiger partial charge in [-0.1, -0.05) is 0 Å². The Balaban J connectivity index is 1.70. The van der Waals surface area contributed by atoms with E-state index in [2.05, 4.69) is 5.32 Å². The van der Waals surface area contributed by atoms with E-state index in [1.165, 1.54) is 12.1 Å². The van der Waals surface area contributed by atoms with Crippen LogP contribution in [0.5, 0.6) is 11.5 Å². The lowest BCUT2D eigenvalue weighted by Crippen LogP contribution is -2.32. The first-order chi connectivity index (χ1) is 11.6. The van der Waals surface area contributed by atoms with Gasteiger partial charge in [-0.3, -0.25) is 0 Å². The molecule has 2 aromatic rings. The Morgan fingerprint density at radius 1 is 1.08 bits per heavy atom. The van der Waals surface area contributed by atoms with Crippen LogP contribution in [0.2, 0.25) is 0 Å². The number of urea groups is 1. The molecule has 0 aliphatic rings. The van der Waals surface area contributed by atoms with Crippen molar-refractivity contribution in [1.29, 1.82) is 0 Å². The molecule has 0 aliphatic heterocycles. The average molecular weight is 332 g/mol. The molecule has 6 heteroatoms. The van der Waals surface area contributed by atoms with Gasteiger partial charge in [-0.15, -0.1) is 0 Å². The largest absolute Gasteiger partial charge is 0.497 e. The number of benzene rings is 2. The van der Waals surface area contributed by atoms with Crippen molar-refractivity contribution in [3.05, 3.63) is 54.3 Å². The van der Waals surface area contributed by atoms with E-state index < -0.39 is 0 Å². The lowest BCUT2D eigenvalue weighted by Gasteiger charge is -2.18. The molecule has 0 saturated heterocycles. The third-order valence-electron chi connectivity index (χ3n) is 3.41. The van der Waals surface area contributed by atoms with E-state index in [-0.39, 0.29) is 11.8 Å². The highest BCUT2D eigenvalue weighted by Gasteiger charge is 2.08. The van der Waals surface area contributed by atoms with Crippen LogP contribution in [0.4, 0.5) is 14.9 Å². The molecule has 1 N–H and O–H groups in total. The van der Waals surface area contributed by atoms with Gasteiger partial charge in [0.15, 0.2) is 0 Å². The summed E-state index contributed by atoms with van der Waals surface area (Å²) in [5.74, 6) is 1.05. The third kappa shape index (κ3) is 5.46. The summed E-state index contributed by atoms with van der Waals surface area (Å²) >= 11 is 0. The SMILES string of the molecule is COc1ccc(NC(=O)N(C)CCCOc2ccc(F)cc2)cc1. The lowest BCUT2D eigenvalue weighted by atomic mass is 10.3. The second kappa shape index (κ2) is 8.76. The number of carbonyl (C=O) groups excluding carboxylic acids is 1. The fourth-order valence-electron chi connectivity index (χ4n) is 2.02. The molecular weight excluding hydrogens is 311 g/mol. The van der Waals surface area contributed by atoms with Crippen molar-refractivity contribution in [3.63, 3.8) is 0 Å². The van der Waals surface area contributed by atoms with Crippen LogP contribution in [-0.4, -0.2) is 38.2 Å². The van der Waals surface area contributed by atoms with Crippen LogP contribution in [-0.2, 0) is 0 Å². The van der Waals surface area contributed by atoms with Crippen molar-refractivity contribution in [2.45, 2.75) is 6.42 Å². The average Bonchev–Trinajstić information content (AvgIpc) is 2.60. The van der Waals surface area contributed by atoms with Crippen LogP contribution in [0.3, 0.4) is 0 Å². The molecule has 0 heterocycles. The highest BCUT2D eigenvalue weighted by molar-refractivity contribution is 5.89. The van der Waals surface area contributed by atoms with Crippen molar-refractivity contribution >= 4 is 11.7 Å². The van der Waals surface area contributed by atoms with E-state index in [1.807, 2.05) is 0 Å². The Labute approximate surface area is 141 Å². The summed E-state index contributed by atoms with van der Waals surface area (Å²) < 4.78 is 23.3. The molecule has 0 saturated carbocycles. The Hall–Kier alpha value is -2.76. The maximum absolute atomic E-state index is 12.8. The zero-order chi connectivity index (χ0) is 17.4. The van der Waals surface area contributed by atoms with Crippen molar-refractivity contribution in [2.75, 3.05) is 32.6 Å². The van der Waals surface area contributed by atoms with Gasteiger partial charge >= 0.3 is 6.03 Å². The number of rotatable bonds is 7. The number of hydrogen-bond donors (Lipinski definition) is 1. The maximum Gasteiger partial charge on any atom is 0.321 e. The van der Waals surface area contributed by atoms with Crippen LogP contribution < -0.4 is 14.8 Å². The summed E-state index contributed by atoms with van der Waals surface area (Å²) in [7, 11) is 3.31. The van der Waals surface area contributed by atoms with Crippen molar-refractivity contribution < 1.29 is 18.7 Å². The summed E-state index contributed by atoms with van der Waals surface area (Å²) in [6, 6.07) is 12.8. The molecule has 0 aromatic heterocycles. The number of amides is 2. The smallest absolute Gasteiger partial charge is 0.321 e. The van der Waals surface area contributed by atoms with Crippen LogP contribution in [0.15, 0.2) is 48.5 Å². The minimum Gasteiger partial charge on any atom is -0.497 e. The molecule has 2 rings (SSSR count). The van der Waals surface area contributed by atoms with Gasteiger partial charge in [0.2, 0.25) is 0 Å². The highest BCUT2D eigenvalue weighted by Crippen LogP contribution is 2.15. The summed E-state index contributed by atoms with van der Waals surface area (Å²) in [4.78, 5) is 13.7. The van der Waals surface area contributed by atoms with Crippen molar-refractivity contribution in [3.8, 4) is 11.5 Å². The zero-order valence-electron chi connectivity index (χ0n) is 13.8. The molecule has 0 bridgehead atoms. The summed E-state index contributed by atoms with van der Waals surface area (Å²) in [5, 5.41) is 2.81. The normalized spacial score (nSPS) is 10.1. The van der Waals surface area contributed by atoms with E-state index in [4.69, 9.17) is 9.47 Å². The lowest BCUT2D eigenvalue weighted by molar-refractivity contribution is 0.216. The number of carbonyl (C=O) groups is 1. The number of anilines is 1. The molecule has 2 aromatic carbocycles.